The van der Waals surface area contributed by atoms with Crippen molar-refractivity contribution in [3.05, 3.63) is 142 Å². The number of hydrogen-bond acceptors (Lipinski definition) is 4. The molecule has 4 heteroatoms. The fourth-order valence-corrected chi connectivity index (χ4v) is 5.75. The van der Waals surface area contributed by atoms with Crippen molar-refractivity contribution in [1.82, 2.24) is 0 Å². The Morgan fingerprint density at radius 1 is 0.386 bits per heavy atom. The second-order valence-corrected chi connectivity index (χ2v) is 13.0. The highest BCUT2D eigenvalue weighted by Gasteiger charge is 2.27. The third-order valence-electron chi connectivity index (χ3n) is 8.96. The van der Waals surface area contributed by atoms with Crippen molar-refractivity contribution in [3.63, 3.8) is 0 Å². The van der Waals surface area contributed by atoms with Crippen LogP contribution in [0.3, 0.4) is 0 Å². The minimum atomic E-state index is -0.182. The van der Waals surface area contributed by atoms with Crippen molar-refractivity contribution in [2.75, 3.05) is 11.5 Å². The zero-order chi connectivity index (χ0) is 31.8. The lowest BCUT2D eigenvalue weighted by Gasteiger charge is -2.30. The van der Waals surface area contributed by atoms with Gasteiger partial charge in [0.1, 0.15) is 23.0 Å². The van der Waals surface area contributed by atoms with Crippen molar-refractivity contribution in [2.24, 2.45) is 0 Å². The monoisotopic (exact) mass is 584 g/mol. The molecule has 5 aromatic rings. The summed E-state index contributed by atoms with van der Waals surface area (Å²) in [5.41, 5.74) is 22.2. The summed E-state index contributed by atoms with van der Waals surface area (Å²) in [5.74, 6) is 3.35. The van der Waals surface area contributed by atoms with E-state index >= 15 is 0 Å². The van der Waals surface area contributed by atoms with Gasteiger partial charge >= 0.3 is 0 Å². The maximum absolute atomic E-state index is 6.25. The van der Waals surface area contributed by atoms with Crippen LogP contribution in [0.25, 0.3) is 0 Å². The predicted molar refractivity (Wildman–Crippen MR) is 184 cm³/mol. The lowest BCUT2D eigenvalue weighted by atomic mass is 9.74. The summed E-state index contributed by atoms with van der Waals surface area (Å²) < 4.78 is 12.5. The summed E-state index contributed by atoms with van der Waals surface area (Å²) in [7, 11) is 0. The number of nitrogen functional groups attached to an aromatic ring is 2. The number of hydrogen-bond donors (Lipinski definition) is 2. The van der Waals surface area contributed by atoms with Crippen molar-refractivity contribution < 1.29 is 9.47 Å². The van der Waals surface area contributed by atoms with Gasteiger partial charge in [-0.25, -0.2) is 0 Å². The molecule has 0 spiro atoms. The summed E-state index contributed by atoms with van der Waals surface area (Å²) >= 11 is 0. The fraction of sp³-hybridized carbons (Fsp3) is 0.250. The molecule has 5 aromatic carbocycles. The summed E-state index contributed by atoms with van der Waals surface area (Å²) in [6, 6.07) is 33.5. The average Bonchev–Trinajstić information content (AvgIpc) is 2.97. The second-order valence-electron chi connectivity index (χ2n) is 13.0. The van der Waals surface area contributed by atoms with Gasteiger partial charge in [0, 0.05) is 22.2 Å². The van der Waals surface area contributed by atoms with Crippen LogP contribution >= 0.6 is 0 Å². The minimum Gasteiger partial charge on any atom is -0.457 e. The molecule has 4 nitrogen and oxygen atoms in total. The van der Waals surface area contributed by atoms with E-state index in [0.29, 0.717) is 0 Å². The van der Waals surface area contributed by atoms with Gasteiger partial charge in [-0.3, -0.25) is 0 Å². The first-order valence-electron chi connectivity index (χ1n) is 15.2. The van der Waals surface area contributed by atoms with Crippen LogP contribution in [0.5, 0.6) is 23.0 Å². The topological polar surface area (TPSA) is 70.5 Å². The Labute approximate surface area is 262 Å². The molecule has 5 rings (SSSR count). The Morgan fingerprint density at radius 2 is 0.659 bits per heavy atom. The Hall–Kier alpha value is -4.70. The van der Waals surface area contributed by atoms with Gasteiger partial charge in [-0.15, -0.1) is 0 Å². The van der Waals surface area contributed by atoms with E-state index in [1.807, 2.05) is 50.2 Å². The Balaban J connectivity index is 1.34. The number of benzene rings is 5. The molecule has 0 aliphatic rings. The number of aryl methyl sites for hydroxylation is 4. The summed E-state index contributed by atoms with van der Waals surface area (Å²) in [4.78, 5) is 0. The van der Waals surface area contributed by atoms with Crippen molar-refractivity contribution in [2.45, 2.75) is 66.2 Å². The number of nitrogens with two attached hydrogens (primary N) is 2. The molecular weight excluding hydrogens is 540 g/mol. The standard InChI is InChI=1S/C40H44N2O2/c1-25-21-31(13-17-35(25)43-37-19-15-33(41)23-27(37)3)39(5,6)29-9-11-30(12-10-29)40(7,8)32-14-18-36(26(2)22-32)44-38-20-16-34(42)24-28(38)4/h9-24H,41-42H2,1-8H3. The molecule has 44 heavy (non-hydrogen) atoms. The van der Waals surface area contributed by atoms with Crippen LogP contribution in [0.1, 0.15) is 72.2 Å². The largest absolute Gasteiger partial charge is 0.457 e. The number of ether oxygens (including phenoxy) is 2. The van der Waals surface area contributed by atoms with Gasteiger partial charge < -0.3 is 20.9 Å². The Kier molecular flexibility index (Phi) is 8.22. The molecule has 0 aliphatic carbocycles. The SMILES string of the molecule is Cc1cc(N)ccc1Oc1ccc(C(C)(C)c2ccc(C(C)(C)c3ccc(Oc4ccc(N)cc4C)c(C)c3)cc2)cc1C. The third kappa shape index (κ3) is 6.16. The molecule has 0 amide bonds. The zero-order valence-corrected chi connectivity index (χ0v) is 27.2. The van der Waals surface area contributed by atoms with Gasteiger partial charge in [0.2, 0.25) is 0 Å². The molecule has 0 saturated carbocycles. The maximum atomic E-state index is 6.25. The highest BCUT2D eigenvalue weighted by atomic mass is 16.5. The molecule has 0 bridgehead atoms. The Bertz CT molecular complexity index is 1680. The summed E-state index contributed by atoms with van der Waals surface area (Å²) in [6.07, 6.45) is 0. The van der Waals surface area contributed by atoms with E-state index in [2.05, 4.69) is 102 Å². The van der Waals surface area contributed by atoms with Gasteiger partial charge in [0.15, 0.2) is 0 Å². The molecule has 0 fully saturated rings. The van der Waals surface area contributed by atoms with Crippen LogP contribution < -0.4 is 20.9 Å². The van der Waals surface area contributed by atoms with E-state index in [1.165, 1.54) is 22.3 Å². The maximum Gasteiger partial charge on any atom is 0.130 e. The van der Waals surface area contributed by atoms with Crippen LogP contribution in [-0.2, 0) is 10.8 Å². The zero-order valence-electron chi connectivity index (χ0n) is 27.2. The van der Waals surface area contributed by atoms with Crippen LogP contribution in [0, 0.1) is 27.7 Å². The van der Waals surface area contributed by atoms with Crippen LogP contribution in [-0.4, -0.2) is 0 Å². The molecule has 0 aromatic heterocycles. The molecule has 4 N–H and O–H groups in total. The van der Waals surface area contributed by atoms with E-state index in [-0.39, 0.29) is 10.8 Å². The van der Waals surface area contributed by atoms with Gasteiger partial charge in [0.05, 0.1) is 0 Å². The minimum absolute atomic E-state index is 0.182. The Morgan fingerprint density at radius 3 is 0.955 bits per heavy atom. The van der Waals surface area contributed by atoms with Crippen molar-refractivity contribution in [1.29, 1.82) is 0 Å². The molecule has 0 radical (unpaired) electrons. The van der Waals surface area contributed by atoms with E-state index in [9.17, 15) is 0 Å². The highest BCUT2D eigenvalue weighted by Crippen LogP contribution is 2.39. The third-order valence-corrected chi connectivity index (χ3v) is 8.96. The van der Waals surface area contributed by atoms with E-state index in [1.54, 1.807) is 0 Å². The number of anilines is 2. The highest BCUT2D eigenvalue weighted by molar-refractivity contribution is 5.53. The average molecular weight is 585 g/mol. The lowest BCUT2D eigenvalue weighted by molar-refractivity contribution is 0.474. The number of rotatable bonds is 8. The molecule has 0 aliphatic heterocycles. The lowest BCUT2D eigenvalue weighted by Crippen LogP contribution is -2.21. The first kappa shape index (κ1) is 30.7. The molecular formula is C40H44N2O2. The first-order chi connectivity index (χ1) is 20.8. The normalized spacial score (nSPS) is 11.8. The van der Waals surface area contributed by atoms with Gasteiger partial charge in [-0.05, 0) is 121 Å². The van der Waals surface area contributed by atoms with Crippen LogP contribution in [0.15, 0.2) is 97.1 Å². The van der Waals surface area contributed by atoms with Crippen molar-refractivity contribution in [3.8, 4) is 23.0 Å². The molecule has 0 saturated heterocycles. The quantitative estimate of drug-likeness (QED) is 0.178. The van der Waals surface area contributed by atoms with Gasteiger partial charge in [0.25, 0.3) is 0 Å². The van der Waals surface area contributed by atoms with Crippen LogP contribution in [0.4, 0.5) is 11.4 Å². The summed E-state index contributed by atoms with van der Waals surface area (Å²) in [6.45, 7) is 17.3. The second kappa shape index (κ2) is 11.8. The molecule has 0 unspecified atom stereocenters. The van der Waals surface area contributed by atoms with E-state index < -0.39 is 0 Å². The van der Waals surface area contributed by atoms with E-state index in [0.717, 1.165) is 56.6 Å². The van der Waals surface area contributed by atoms with E-state index in [4.69, 9.17) is 20.9 Å². The fourth-order valence-electron chi connectivity index (χ4n) is 5.75. The molecule has 0 heterocycles. The van der Waals surface area contributed by atoms with Crippen molar-refractivity contribution >= 4 is 11.4 Å². The van der Waals surface area contributed by atoms with Gasteiger partial charge in [-0.1, -0.05) is 76.2 Å². The smallest absolute Gasteiger partial charge is 0.130 e. The molecule has 0 atom stereocenters. The predicted octanol–water partition coefficient (Wildman–Crippen LogP) is 10.3. The first-order valence-corrected chi connectivity index (χ1v) is 15.2. The van der Waals surface area contributed by atoms with Crippen LogP contribution in [0.2, 0.25) is 0 Å². The molecule has 226 valence electrons. The summed E-state index contributed by atoms with van der Waals surface area (Å²) in [5, 5.41) is 0. The van der Waals surface area contributed by atoms with Gasteiger partial charge in [-0.2, -0.15) is 0 Å².